The molecule has 1 amide bonds. The van der Waals surface area contributed by atoms with E-state index < -0.39 is 5.97 Å². The van der Waals surface area contributed by atoms with Gasteiger partial charge in [0.1, 0.15) is 11.3 Å². The molecule has 0 fully saturated rings. The van der Waals surface area contributed by atoms with Crippen molar-refractivity contribution >= 4 is 40.2 Å². The van der Waals surface area contributed by atoms with E-state index in [1.165, 1.54) is 25.3 Å². The van der Waals surface area contributed by atoms with Crippen LogP contribution in [0.3, 0.4) is 0 Å². The summed E-state index contributed by atoms with van der Waals surface area (Å²) in [6.07, 6.45) is 0. The highest BCUT2D eigenvalue weighted by Gasteiger charge is 2.16. The van der Waals surface area contributed by atoms with Gasteiger partial charge in [0.15, 0.2) is 0 Å². The lowest BCUT2D eigenvalue weighted by atomic mass is 10.1. The fourth-order valence-corrected chi connectivity index (χ4v) is 2.56. The van der Waals surface area contributed by atoms with Gasteiger partial charge in [0, 0.05) is 0 Å². The molecule has 3 rings (SSSR count). The molecule has 2 aromatic carbocycles. The number of imidazole rings is 1. The number of aromatic nitrogens is 2. The van der Waals surface area contributed by atoms with Gasteiger partial charge in [0.2, 0.25) is 0 Å². The molecule has 0 spiro atoms. The van der Waals surface area contributed by atoms with Gasteiger partial charge in [0.25, 0.3) is 5.91 Å². The molecule has 1 heterocycles. The Labute approximate surface area is 142 Å². The molecule has 6 nitrogen and oxygen atoms in total. The van der Waals surface area contributed by atoms with Crippen LogP contribution in [0.1, 0.15) is 26.5 Å². The van der Waals surface area contributed by atoms with Crippen LogP contribution in [-0.4, -0.2) is 29.0 Å². The van der Waals surface area contributed by atoms with Crippen molar-refractivity contribution in [3.63, 3.8) is 0 Å². The molecular weight excluding hydrogens is 330 g/mol. The summed E-state index contributed by atoms with van der Waals surface area (Å²) in [6.45, 7) is 1.82. The molecule has 0 saturated heterocycles. The number of H-pyrrole nitrogens is 1. The molecule has 0 aliphatic heterocycles. The topological polar surface area (TPSA) is 84.1 Å². The fourth-order valence-electron chi connectivity index (χ4n) is 2.39. The van der Waals surface area contributed by atoms with Gasteiger partial charge in [-0.2, -0.15) is 0 Å². The quantitative estimate of drug-likeness (QED) is 0.712. The van der Waals surface area contributed by atoms with E-state index in [0.29, 0.717) is 27.4 Å². The van der Waals surface area contributed by atoms with Crippen LogP contribution >= 0.6 is 11.6 Å². The Bertz CT molecular complexity index is 949. The predicted octanol–water partition coefficient (Wildman–Crippen LogP) is 3.56. The zero-order valence-corrected chi connectivity index (χ0v) is 13.8. The molecule has 7 heteroatoms. The van der Waals surface area contributed by atoms with E-state index in [2.05, 4.69) is 20.0 Å². The summed E-state index contributed by atoms with van der Waals surface area (Å²) < 4.78 is 4.67. The molecule has 0 aliphatic rings. The van der Waals surface area contributed by atoms with Crippen molar-refractivity contribution in [2.24, 2.45) is 0 Å². The standard InChI is InChI=1S/C17H14ClN3O3/c1-9-19-13-5-3-4-11(15(13)20-9)16(22)21-14-8-10(17(23)24-2)6-7-12(14)18/h3-8H,1-2H3,(H,19,20)(H,21,22). The van der Waals surface area contributed by atoms with Crippen LogP contribution in [0.4, 0.5) is 5.69 Å². The number of benzene rings is 2. The number of aryl methyl sites for hydroxylation is 1. The van der Waals surface area contributed by atoms with Crippen molar-refractivity contribution in [1.29, 1.82) is 0 Å². The summed E-state index contributed by atoms with van der Waals surface area (Å²) in [4.78, 5) is 31.6. The maximum Gasteiger partial charge on any atom is 0.337 e. The number of aromatic amines is 1. The minimum Gasteiger partial charge on any atom is -0.465 e. The Morgan fingerprint density at radius 3 is 2.79 bits per heavy atom. The van der Waals surface area contributed by atoms with Crippen LogP contribution in [-0.2, 0) is 4.74 Å². The second kappa shape index (κ2) is 6.33. The maximum absolute atomic E-state index is 12.6. The number of para-hydroxylation sites is 1. The summed E-state index contributed by atoms with van der Waals surface area (Å²) in [5.41, 5.74) is 2.39. The van der Waals surface area contributed by atoms with Crippen molar-refractivity contribution in [3.8, 4) is 0 Å². The van der Waals surface area contributed by atoms with E-state index in [-0.39, 0.29) is 5.91 Å². The fraction of sp³-hybridized carbons (Fsp3) is 0.118. The minimum absolute atomic E-state index is 0.297. The Kier molecular flexibility index (Phi) is 4.22. The number of amides is 1. The van der Waals surface area contributed by atoms with E-state index in [0.717, 1.165) is 11.3 Å². The van der Waals surface area contributed by atoms with Gasteiger partial charge in [-0.25, -0.2) is 9.78 Å². The third-order valence-electron chi connectivity index (χ3n) is 3.51. The Hall–Kier alpha value is -2.86. The summed E-state index contributed by atoms with van der Waals surface area (Å²) >= 11 is 6.11. The average Bonchev–Trinajstić information content (AvgIpc) is 2.96. The zero-order chi connectivity index (χ0) is 17.3. The molecule has 0 aliphatic carbocycles. The van der Waals surface area contributed by atoms with Gasteiger partial charge < -0.3 is 15.0 Å². The molecule has 0 bridgehead atoms. The summed E-state index contributed by atoms with van der Waals surface area (Å²) in [6, 6.07) is 9.82. The largest absolute Gasteiger partial charge is 0.465 e. The Morgan fingerprint density at radius 1 is 1.25 bits per heavy atom. The van der Waals surface area contributed by atoms with Gasteiger partial charge in [-0.05, 0) is 37.3 Å². The number of nitrogens with one attached hydrogen (secondary N) is 2. The van der Waals surface area contributed by atoms with Crippen LogP contribution in [0.5, 0.6) is 0 Å². The Balaban J connectivity index is 1.95. The number of hydrogen-bond acceptors (Lipinski definition) is 4. The number of hydrogen-bond donors (Lipinski definition) is 2. The number of rotatable bonds is 3. The summed E-state index contributed by atoms with van der Waals surface area (Å²) in [5.74, 6) is -0.154. The minimum atomic E-state index is -0.507. The number of methoxy groups -OCH3 is 1. The van der Waals surface area contributed by atoms with Crippen molar-refractivity contribution in [2.75, 3.05) is 12.4 Å². The van der Waals surface area contributed by atoms with Crippen molar-refractivity contribution in [1.82, 2.24) is 9.97 Å². The van der Waals surface area contributed by atoms with E-state index in [4.69, 9.17) is 11.6 Å². The number of esters is 1. The second-order valence-corrected chi connectivity index (χ2v) is 5.57. The van der Waals surface area contributed by atoms with Crippen LogP contribution < -0.4 is 5.32 Å². The average molecular weight is 344 g/mol. The number of ether oxygens (including phenoxy) is 1. The number of fused-ring (bicyclic) bond motifs is 1. The number of anilines is 1. The third-order valence-corrected chi connectivity index (χ3v) is 3.84. The Morgan fingerprint density at radius 2 is 2.04 bits per heavy atom. The molecule has 1 aromatic heterocycles. The highest BCUT2D eigenvalue weighted by atomic mass is 35.5. The number of carbonyl (C=O) groups excluding carboxylic acids is 2. The van der Waals surface area contributed by atoms with Gasteiger partial charge in [0.05, 0.1) is 34.5 Å². The first kappa shape index (κ1) is 16.0. The lowest BCUT2D eigenvalue weighted by Crippen LogP contribution is -2.13. The molecule has 0 atom stereocenters. The first-order chi connectivity index (χ1) is 11.5. The molecule has 0 saturated carbocycles. The third kappa shape index (κ3) is 2.96. The van der Waals surface area contributed by atoms with Crippen molar-refractivity contribution in [2.45, 2.75) is 6.92 Å². The normalized spacial score (nSPS) is 10.6. The summed E-state index contributed by atoms with van der Waals surface area (Å²) in [5, 5.41) is 3.04. The molecule has 0 unspecified atom stereocenters. The lowest BCUT2D eigenvalue weighted by Gasteiger charge is -2.09. The van der Waals surface area contributed by atoms with E-state index >= 15 is 0 Å². The molecular formula is C17H14ClN3O3. The zero-order valence-electron chi connectivity index (χ0n) is 13.0. The highest BCUT2D eigenvalue weighted by molar-refractivity contribution is 6.34. The van der Waals surface area contributed by atoms with E-state index in [1.54, 1.807) is 12.1 Å². The van der Waals surface area contributed by atoms with Gasteiger partial charge in [-0.1, -0.05) is 17.7 Å². The number of carbonyl (C=O) groups is 2. The van der Waals surface area contributed by atoms with Crippen LogP contribution in [0.25, 0.3) is 11.0 Å². The van der Waals surface area contributed by atoms with Gasteiger partial charge in [-0.3, -0.25) is 4.79 Å². The number of halogens is 1. The smallest absolute Gasteiger partial charge is 0.337 e. The van der Waals surface area contributed by atoms with Crippen LogP contribution in [0, 0.1) is 6.92 Å². The van der Waals surface area contributed by atoms with Crippen molar-refractivity contribution < 1.29 is 14.3 Å². The molecule has 3 aromatic rings. The monoisotopic (exact) mass is 343 g/mol. The second-order valence-electron chi connectivity index (χ2n) is 5.16. The first-order valence-corrected chi connectivity index (χ1v) is 7.52. The predicted molar refractivity (Wildman–Crippen MR) is 91.6 cm³/mol. The first-order valence-electron chi connectivity index (χ1n) is 7.14. The highest BCUT2D eigenvalue weighted by Crippen LogP contribution is 2.25. The van der Waals surface area contributed by atoms with E-state index in [1.807, 2.05) is 13.0 Å². The molecule has 0 radical (unpaired) electrons. The van der Waals surface area contributed by atoms with Gasteiger partial charge >= 0.3 is 5.97 Å². The lowest BCUT2D eigenvalue weighted by molar-refractivity contribution is 0.0600. The van der Waals surface area contributed by atoms with Crippen LogP contribution in [0.15, 0.2) is 36.4 Å². The summed E-state index contributed by atoms with van der Waals surface area (Å²) in [7, 11) is 1.29. The molecule has 2 N–H and O–H groups in total. The molecule has 122 valence electrons. The van der Waals surface area contributed by atoms with Crippen LogP contribution in [0.2, 0.25) is 5.02 Å². The van der Waals surface area contributed by atoms with E-state index in [9.17, 15) is 9.59 Å². The van der Waals surface area contributed by atoms with Gasteiger partial charge in [-0.15, -0.1) is 0 Å². The van der Waals surface area contributed by atoms with Crippen molar-refractivity contribution in [3.05, 3.63) is 58.4 Å². The maximum atomic E-state index is 12.6. The number of nitrogens with zero attached hydrogens (tertiary/aromatic N) is 1. The SMILES string of the molecule is COC(=O)c1ccc(Cl)c(NC(=O)c2cccc3[nH]c(C)nc23)c1. The molecule has 24 heavy (non-hydrogen) atoms.